The molecule has 2 unspecified atom stereocenters. The molecule has 0 amide bonds. The van der Waals surface area contributed by atoms with E-state index in [0.717, 1.165) is 19.3 Å². The molecule has 8 nitrogen and oxygen atoms in total. The van der Waals surface area contributed by atoms with Crippen molar-refractivity contribution in [1.29, 1.82) is 0 Å². The van der Waals surface area contributed by atoms with Crippen LogP contribution in [0.4, 0.5) is 5.82 Å². The summed E-state index contributed by atoms with van der Waals surface area (Å²) in [5.74, 6) is -0.178. The van der Waals surface area contributed by atoms with Crippen LogP contribution in [0.15, 0.2) is 12.1 Å². The van der Waals surface area contributed by atoms with Crippen molar-refractivity contribution in [1.82, 2.24) is 25.3 Å². The maximum atomic E-state index is 11.5. The highest BCUT2D eigenvalue weighted by molar-refractivity contribution is 5.76. The summed E-state index contributed by atoms with van der Waals surface area (Å²) in [5, 5.41) is 28.0. The molecule has 2 aromatic heterocycles. The molecule has 0 bridgehead atoms. The fourth-order valence-electron chi connectivity index (χ4n) is 2.73. The first kappa shape index (κ1) is 12.8. The summed E-state index contributed by atoms with van der Waals surface area (Å²) in [6, 6.07) is 3.37. The normalized spacial score (nSPS) is 26.6. The van der Waals surface area contributed by atoms with Crippen LogP contribution in [0.2, 0.25) is 0 Å². The number of carboxylic acid groups (broad SMARTS) is 1. The van der Waals surface area contributed by atoms with Gasteiger partial charge in [-0.15, -0.1) is 14.8 Å². The molecule has 106 valence electrons. The van der Waals surface area contributed by atoms with Crippen molar-refractivity contribution >= 4 is 17.4 Å². The first-order valence-electron chi connectivity index (χ1n) is 6.65. The summed E-state index contributed by atoms with van der Waals surface area (Å²) in [4.78, 5) is 11.5. The van der Waals surface area contributed by atoms with Gasteiger partial charge >= 0.3 is 5.97 Å². The van der Waals surface area contributed by atoms with Crippen molar-refractivity contribution in [3.8, 4) is 0 Å². The van der Waals surface area contributed by atoms with Gasteiger partial charge in [-0.25, -0.2) is 0 Å². The highest BCUT2D eigenvalue weighted by atomic mass is 16.4. The topological polar surface area (TPSA) is 105 Å². The number of hydrogen-bond acceptors (Lipinski definition) is 6. The molecule has 1 fully saturated rings. The summed E-state index contributed by atoms with van der Waals surface area (Å²) in [5.41, 5.74) is -0.213. The molecule has 0 radical (unpaired) electrons. The fraction of sp³-hybridized carbons (Fsp3) is 0.583. The Hall–Kier alpha value is -2.25. The molecule has 20 heavy (non-hydrogen) atoms. The minimum atomic E-state index is -0.768. The Bertz CT molecular complexity index is 642. The predicted molar refractivity (Wildman–Crippen MR) is 70.2 cm³/mol. The lowest BCUT2D eigenvalue weighted by Gasteiger charge is -2.38. The van der Waals surface area contributed by atoms with E-state index in [2.05, 4.69) is 25.9 Å². The zero-order valence-electron chi connectivity index (χ0n) is 11.2. The molecule has 0 aromatic carbocycles. The Morgan fingerprint density at radius 3 is 3.15 bits per heavy atom. The van der Waals surface area contributed by atoms with Crippen molar-refractivity contribution in [3.05, 3.63) is 12.1 Å². The molecule has 0 saturated heterocycles. The molecule has 2 heterocycles. The minimum Gasteiger partial charge on any atom is -0.481 e. The number of carboxylic acids is 1. The van der Waals surface area contributed by atoms with Gasteiger partial charge in [0.05, 0.1) is 5.41 Å². The molecule has 8 heteroatoms. The van der Waals surface area contributed by atoms with E-state index >= 15 is 0 Å². The van der Waals surface area contributed by atoms with Crippen LogP contribution in [-0.2, 0) is 4.79 Å². The molecular weight excluding hydrogens is 260 g/mol. The lowest BCUT2D eigenvalue weighted by Crippen LogP contribution is -2.46. The summed E-state index contributed by atoms with van der Waals surface area (Å²) in [6.45, 7) is 1.79. The smallest absolute Gasteiger partial charge is 0.311 e. The number of anilines is 1. The predicted octanol–water partition coefficient (Wildman–Crippen LogP) is 0.965. The van der Waals surface area contributed by atoms with Crippen molar-refractivity contribution in [2.45, 2.75) is 38.6 Å². The Morgan fingerprint density at radius 2 is 2.35 bits per heavy atom. The van der Waals surface area contributed by atoms with Crippen molar-refractivity contribution in [3.63, 3.8) is 0 Å². The van der Waals surface area contributed by atoms with E-state index in [1.807, 2.05) is 0 Å². The van der Waals surface area contributed by atoms with Crippen LogP contribution >= 0.6 is 0 Å². The number of carbonyl (C=O) groups is 1. The molecule has 0 aliphatic heterocycles. The standard InChI is InChI=1S/C12H16N6O2/c1-12(11(19)20)7-3-2-4-8(12)13-9-5-6-10-14-16-17-18(10)15-9/h5-6,8H,2-4,7H2,1H3,(H,13,15)(H,19,20). The zero-order valence-corrected chi connectivity index (χ0v) is 11.2. The maximum absolute atomic E-state index is 11.5. The lowest BCUT2D eigenvalue weighted by molar-refractivity contribution is -0.150. The summed E-state index contributed by atoms with van der Waals surface area (Å²) in [6.07, 6.45) is 3.46. The van der Waals surface area contributed by atoms with Gasteiger partial charge in [0.1, 0.15) is 5.82 Å². The number of rotatable bonds is 3. The number of tetrazole rings is 1. The number of nitrogens with zero attached hydrogens (tertiary/aromatic N) is 5. The average molecular weight is 276 g/mol. The highest BCUT2D eigenvalue weighted by Crippen LogP contribution is 2.37. The van der Waals surface area contributed by atoms with Gasteiger partial charge < -0.3 is 10.4 Å². The van der Waals surface area contributed by atoms with Crippen LogP contribution in [0, 0.1) is 5.41 Å². The molecule has 1 aliphatic carbocycles. The Morgan fingerprint density at radius 1 is 1.50 bits per heavy atom. The lowest BCUT2D eigenvalue weighted by atomic mass is 9.71. The van der Waals surface area contributed by atoms with E-state index in [-0.39, 0.29) is 6.04 Å². The molecule has 3 rings (SSSR count). The van der Waals surface area contributed by atoms with Gasteiger partial charge in [-0.1, -0.05) is 12.8 Å². The third kappa shape index (κ3) is 2.06. The van der Waals surface area contributed by atoms with E-state index in [4.69, 9.17) is 0 Å². The van der Waals surface area contributed by atoms with Gasteiger partial charge in [-0.2, -0.15) is 0 Å². The molecule has 2 aromatic rings. The number of fused-ring (bicyclic) bond motifs is 1. The SMILES string of the molecule is CC1(C(=O)O)CCCCC1Nc1ccc2nnnn2n1. The first-order chi connectivity index (χ1) is 9.59. The fourth-order valence-corrected chi connectivity index (χ4v) is 2.73. The third-order valence-corrected chi connectivity index (χ3v) is 4.09. The first-order valence-corrected chi connectivity index (χ1v) is 6.65. The van der Waals surface area contributed by atoms with E-state index in [1.54, 1.807) is 19.1 Å². The molecule has 0 spiro atoms. The van der Waals surface area contributed by atoms with E-state index < -0.39 is 11.4 Å². The van der Waals surface area contributed by atoms with Crippen LogP contribution < -0.4 is 5.32 Å². The summed E-state index contributed by atoms with van der Waals surface area (Å²) in [7, 11) is 0. The largest absolute Gasteiger partial charge is 0.481 e. The summed E-state index contributed by atoms with van der Waals surface area (Å²) >= 11 is 0. The van der Waals surface area contributed by atoms with Crippen LogP contribution in [0.3, 0.4) is 0 Å². The van der Waals surface area contributed by atoms with Crippen molar-refractivity contribution in [2.24, 2.45) is 5.41 Å². The molecule has 1 aliphatic rings. The second-order valence-electron chi connectivity index (χ2n) is 5.41. The highest BCUT2D eigenvalue weighted by Gasteiger charge is 2.43. The second-order valence-corrected chi connectivity index (χ2v) is 5.41. The molecule has 2 atom stereocenters. The van der Waals surface area contributed by atoms with Gasteiger partial charge in [0, 0.05) is 6.04 Å². The van der Waals surface area contributed by atoms with Gasteiger partial charge in [0.2, 0.25) is 0 Å². The average Bonchev–Trinajstić information content (AvgIpc) is 2.89. The van der Waals surface area contributed by atoms with Crippen LogP contribution in [0.1, 0.15) is 32.6 Å². The van der Waals surface area contributed by atoms with Crippen LogP contribution in [0.25, 0.3) is 5.65 Å². The van der Waals surface area contributed by atoms with Gasteiger partial charge in [-0.05, 0) is 42.3 Å². The minimum absolute atomic E-state index is 0.143. The zero-order chi connectivity index (χ0) is 14.2. The number of aromatic nitrogens is 5. The third-order valence-electron chi connectivity index (χ3n) is 4.09. The molecule has 1 saturated carbocycles. The van der Waals surface area contributed by atoms with E-state index in [9.17, 15) is 9.90 Å². The second kappa shape index (κ2) is 4.69. The quantitative estimate of drug-likeness (QED) is 0.860. The number of aliphatic carboxylic acids is 1. The van der Waals surface area contributed by atoms with Gasteiger partial charge in [0.25, 0.3) is 0 Å². The summed E-state index contributed by atoms with van der Waals surface area (Å²) < 4.78 is 1.32. The van der Waals surface area contributed by atoms with Gasteiger partial charge in [-0.3, -0.25) is 4.79 Å². The molecule has 2 N–H and O–H groups in total. The monoisotopic (exact) mass is 276 g/mol. The molecular formula is C12H16N6O2. The van der Waals surface area contributed by atoms with E-state index in [1.165, 1.54) is 4.63 Å². The van der Waals surface area contributed by atoms with Crippen LogP contribution in [0.5, 0.6) is 0 Å². The van der Waals surface area contributed by atoms with Crippen molar-refractivity contribution in [2.75, 3.05) is 5.32 Å². The Balaban J connectivity index is 1.86. The van der Waals surface area contributed by atoms with Crippen LogP contribution in [-0.4, -0.2) is 42.4 Å². The van der Waals surface area contributed by atoms with Gasteiger partial charge in [0.15, 0.2) is 5.65 Å². The Kier molecular flexibility index (Phi) is 3.00. The van der Waals surface area contributed by atoms with E-state index in [0.29, 0.717) is 17.9 Å². The Labute approximate surface area is 115 Å². The number of hydrogen-bond donors (Lipinski definition) is 2. The van der Waals surface area contributed by atoms with Crippen molar-refractivity contribution < 1.29 is 9.90 Å². The maximum Gasteiger partial charge on any atom is 0.311 e. The number of nitrogens with one attached hydrogen (secondary N) is 1.